The number of ether oxygens (including phenoxy) is 1. The Morgan fingerprint density at radius 2 is 1.57 bits per heavy atom. The quantitative estimate of drug-likeness (QED) is 0.663. The summed E-state index contributed by atoms with van der Waals surface area (Å²) < 4.78 is 5.18. The van der Waals surface area contributed by atoms with E-state index < -0.39 is 30.6 Å². The number of hydrogen-bond donors (Lipinski definition) is 2. The zero-order valence-electron chi connectivity index (χ0n) is 17.4. The molecule has 6 aliphatic rings. The van der Waals surface area contributed by atoms with E-state index in [-0.39, 0.29) is 17.4 Å². The van der Waals surface area contributed by atoms with Crippen molar-refractivity contribution < 1.29 is 23.9 Å². The van der Waals surface area contributed by atoms with Crippen LogP contribution in [0.15, 0.2) is 0 Å². The molecule has 0 spiro atoms. The average molecular weight is 418 g/mol. The number of carbonyl (C=O) groups excluding carboxylic acids is 4. The van der Waals surface area contributed by atoms with Crippen LogP contribution in [0.1, 0.15) is 64.2 Å². The Labute approximate surface area is 176 Å². The first-order chi connectivity index (χ1) is 14.4. The standard InChI is InChI=1S/C22H31N3O5/c26-18(24-21(29)23-16-3-4-16)12-30-19(27)17-2-1-5-25(17)20(28)22-9-13-6-14(10-22)8-15(7-13)11-22/h13-17H,1-12H2,(H2,23,24,26,29)/t13?,14?,15?,17-,22?/m1/s1. The van der Waals surface area contributed by atoms with Crippen LogP contribution in [0.5, 0.6) is 0 Å². The predicted octanol–water partition coefficient (Wildman–Crippen LogP) is 1.73. The van der Waals surface area contributed by atoms with Gasteiger partial charge in [0.1, 0.15) is 6.04 Å². The van der Waals surface area contributed by atoms with Crippen molar-refractivity contribution in [2.75, 3.05) is 13.2 Å². The lowest BCUT2D eigenvalue weighted by Crippen LogP contribution is -2.56. The molecule has 5 saturated carbocycles. The molecule has 5 aliphatic carbocycles. The third kappa shape index (κ3) is 3.81. The molecule has 8 heteroatoms. The molecule has 4 amide bonds. The van der Waals surface area contributed by atoms with E-state index in [0.717, 1.165) is 38.5 Å². The first-order valence-corrected chi connectivity index (χ1v) is 11.5. The van der Waals surface area contributed by atoms with Crippen molar-refractivity contribution in [3.05, 3.63) is 0 Å². The number of carbonyl (C=O) groups is 4. The fraction of sp³-hybridized carbons (Fsp3) is 0.818. The van der Waals surface area contributed by atoms with Crippen molar-refractivity contribution in [1.29, 1.82) is 0 Å². The molecular formula is C22H31N3O5. The number of rotatable bonds is 5. The molecule has 0 unspecified atom stereocenters. The van der Waals surface area contributed by atoms with Gasteiger partial charge in [0.15, 0.2) is 6.61 Å². The normalized spacial score (nSPS) is 36.5. The minimum Gasteiger partial charge on any atom is -0.454 e. The summed E-state index contributed by atoms with van der Waals surface area (Å²) in [5.74, 6) is 0.937. The lowest BCUT2D eigenvalue weighted by atomic mass is 9.49. The van der Waals surface area contributed by atoms with Crippen molar-refractivity contribution in [3.8, 4) is 0 Å². The molecule has 0 aromatic carbocycles. The summed E-state index contributed by atoms with van der Waals surface area (Å²) in [4.78, 5) is 51.5. The van der Waals surface area contributed by atoms with Crippen LogP contribution in [-0.4, -0.2) is 54.0 Å². The zero-order chi connectivity index (χ0) is 20.9. The molecule has 6 rings (SSSR count). The highest BCUT2D eigenvalue weighted by atomic mass is 16.5. The third-order valence-electron chi connectivity index (χ3n) is 7.79. The Balaban J connectivity index is 1.16. The minimum absolute atomic E-state index is 0.134. The van der Waals surface area contributed by atoms with Gasteiger partial charge in [-0.05, 0) is 82.0 Å². The number of nitrogens with one attached hydrogen (secondary N) is 2. The molecule has 8 nitrogen and oxygen atoms in total. The molecule has 164 valence electrons. The van der Waals surface area contributed by atoms with Crippen LogP contribution in [0.2, 0.25) is 0 Å². The van der Waals surface area contributed by atoms with Gasteiger partial charge in [-0.15, -0.1) is 0 Å². The monoisotopic (exact) mass is 417 g/mol. The van der Waals surface area contributed by atoms with Gasteiger partial charge >= 0.3 is 12.0 Å². The SMILES string of the molecule is O=C(COC(=O)[C@H]1CCCN1C(=O)C12CC3CC(CC(C3)C1)C2)NC(=O)NC1CC1. The Hall–Kier alpha value is -2.12. The molecule has 6 fully saturated rings. The van der Waals surface area contributed by atoms with Gasteiger partial charge in [-0.2, -0.15) is 0 Å². The van der Waals surface area contributed by atoms with Crippen LogP contribution < -0.4 is 10.6 Å². The Morgan fingerprint density at radius 1 is 0.933 bits per heavy atom. The molecule has 0 radical (unpaired) electrons. The van der Waals surface area contributed by atoms with Crippen molar-refractivity contribution in [2.24, 2.45) is 23.2 Å². The number of urea groups is 1. The maximum absolute atomic E-state index is 13.6. The number of amides is 4. The topological polar surface area (TPSA) is 105 Å². The molecule has 0 aromatic rings. The highest BCUT2D eigenvalue weighted by Gasteiger charge is 2.57. The van der Waals surface area contributed by atoms with Gasteiger partial charge in [-0.3, -0.25) is 14.9 Å². The van der Waals surface area contributed by atoms with Crippen molar-refractivity contribution in [3.63, 3.8) is 0 Å². The summed E-state index contributed by atoms with van der Waals surface area (Å²) >= 11 is 0. The van der Waals surface area contributed by atoms with E-state index >= 15 is 0 Å². The first kappa shape index (κ1) is 19.8. The average Bonchev–Trinajstić information content (AvgIpc) is 3.36. The number of imide groups is 1. The fourth-order valence-corrected chi connectivity index (χ4v) is 6.78. The Kier molecular flexibility index (Phi) is 4.98. The largest absolute Gasteiger partial charge is 0.454 e. The van der Waals surface area contributed by atoms with E-state index in [1.807, 2.05) is 0 Å². The van der Waals surface area contributed by atoms with Crippen LogP contribution in [0.3, 0.4) is 0 Å². The predicted molar refractivity (Wildman–Crippen MR) is 106 cm³/mol. The highest BCUT2D eigenvalue weighted by molar-refractivity contribution is 5.96. The van der Waals surface area contributed by atoms with E-state index in [9.17, 15) is 19.2 Å². The van der Waals surface area contributed by atoms with Crippen molar-refractivity contribution in [2.45, 2.75) is 76.3 Å². The molecule has 1 heterocycles. The van der Waals surface area contributed by atoms with Gasteiger partial charge in [0.2, 0.25) is 5.91 Å². The van der Waals surface area contributed by atoms with Crippen LogP contribution in [0.25, 0.3) is 0 Å². The first-order valence-electron chi connectivity index (χ1n) is 11.5. The smallest absolute Gasteiger partial charge is 0.329 e. The number of nitrogens with zero attached hydrogens (tertiary/aromatic N) is 1. The van der Waals surface area contributed by atoms with Crippen LogP contribution in [0.4, 0.5) is 4.79 Å². The number of likely N-dealkylation sites (tertiary alicyclic amines) is 1. The van der Waals surface area contributed by atoms with Crippen LogP contribution in [-0.2, 0) is 19.1 Å². The third-order valence-corrected chi connectivity index (χ3v) is 7.79. The van der Waals surface area contributed by atoms with E-state index in [4.69, 9.17) is 4.74 Å². The van der Waals surface area contributed by atoms with Crippen molar-refractivity contribution >= 4 is 23.8 Å². The minimum atomic E-state index is -0.654. The number of hydrogen-bond acceptors (Lipinski definition) is 5. The molecule has 4 bridgehead atoms. The highest BCUT2D eigenvalue weighted by Crippen LogP contribution is 2.60. The summed E-state index contributed by atoms with van der Waals surface area (Å²) in [5, 5.41) is 4.82. The Morgan fingerprint density at radius 3 is 2.17 bits per heavy atom. The van der Waals surface area contributed by atoms with E-state index in [1.165, 1.54) is 19.3 Å². The molecule has 30 heavy (non-hydrogen) atoms. The van der Waals surface area contributed by atoms with Crippen LogP contribution >= 0.6 is 0 Å². The fourth-order valence-electron chi connectivity index (χ4n) is 6.78. The van der Waals surface area contributed by atoms with Gasteiger partial charge in [0, 0.05) is 12.6 Å². The second-order valence-corrected chi connectivity index (χ2v) is 10.3. The molecular weight excluding hydrogens is 386 g/mol. The Bertz CT molecular complexity index is 727. The van der Waals surface area contributed by atoms with Gasteiger partial charge in [0.05, 0.1) is 5.41 Å². The van der Waals surface area contributed by atoms with E-state index in [2.05, 4.69) is 10.6 Å². The van der Waals surface area contributed by atoms with E-state index in [0.29, 0.717) is 30.7 Å². The lowest BCUT2D eigenvalue weighted by molar-refractivity contribution is -0.166. The van der Waals surface area contributed by atoms with Gasteiger partial charge in [-0.25, -0.2) is 9.59 Å². The van der Waals surface area contributed by atoms with Gasteiger partial charge in [-0.1, -0.05) is 0 Å². The second kappa shape index (κ2) is 7.54. The molecule has 1 atom stereocenters. The number of esters is 1. The molecule has 0 aromatic heterocycles. The second-order valence-electron chi connectivity index (χ2n) is 10.3. The van der Waals surface area contributed by atoms with Gasteiger partial charge in [0.25, 0.3) is 5.91 Å². The summed E-state index contributed by atoms with van der Waals surface area (Å²) in [6.45, 7) is 0.0726. The molecule has 2 N–H and O–H groups in total. The van der Waals surface area contributed by atoms with Gasteiger partial charge < -0.3 is 15.0 Å². The van der Waals surface area contributed by atoms with E-state index in [1.54, 1.807) is 4.90 Å². The molecule has 1 aliphatic heterocycles. The summed E-state index contributed by atoms with van der Waals surface area (Å²) in [6.07, 6.45) is 9.88. The molecule has 1 saturated heterocycles. The lowest BCUT2D eigenvalue weighted by Gasteiger charge is -2.56. The maximum Gasteiger partial charge on any atom is 0.329 e. The summed E-state index contributed by atoms with van der Waals surface area (Å²) in [7, 11) is 0. The summed E-state index contributed by atoms with van der Waals surface area (Å²) in [5.41, 5.74) is -0.282. The summed E-state index contributed by atoms with van der Waals surface area (Å²) in [6, 6.07) is -1.03. The zero-order valence-corrected chi connectivity index (χ0v) is 17.4. The van der Waals surface area contributed by atoms with Crippen LogP contribution in [0, 0.1) is 23.2 Å². The van der Waals surface area contributed by atoms with Crippen molar-refractivity contribution in [1.82, 2.24) is 15.5 Å². The maximum atomic E-state index is 13.6.